The van der Waals surface area contributed by atoms with E-state index in [9.17, 15) is 4.79 Å². The van der Waals surface area contributed by atoms with Gasteiger partial charge in [0, 0.05) is 19.4 Å². The van der Waals surface area contributed by atoms with E-state index >= 15 is 0 Å². The molecule has 1 rings (SSSR count). The number of nitrogens with one attached hydrogen (secondary N) is 1. The van der Waals surface area contributed by atoms with Crippen LogP contribution in [-0.4, -0.2) is 21.5 Å². The smallest absolute Gasteiger partial charge is 0.237 e. The van der Waals surface area contributed by atoms with Gasteiger partial charge in [0.1, 0.15) is 5.82 Å². The molecule has 3 N–H and O–H groups in total. The molecule has 0 aliphatic heterocycles. The van der Waals surface area contributed by atoms with Crippen LogP contribution >= 0.6 is 0 Å². The normalized spacial score (nSPS) is 14.5. The van der Waals surface area contributed by atoms with Gasteiger partial charge in [-0.15, -0.1) is 0 Å². The van der Waals surface area contributed by atoms with Gasteiger partial charge in [-0.3, -0.25) is 4.79 Å². The lowest BCUT2D eigenvalue weighted by atomic mass is 9.99. The first-order valence-electron chi connectivity index (χ1n) is 5.55. The number of carbonyl (C=O) groups is 1. The van der Waals surface area contributed by atoms with Gasteiger partial charge >= 0.3 is 0 Å². The van der Waals surface area contributed by atoms with Gasteiger partial charge in [0.05, 0.1) is 12.6 Å². The molecule has 0 aliphatic rings. The number of nitrogens with two attached hydrogens (primary N) is 1. The predicted octanol–water partition coefficient (Wildman–Crippen LogP) is 0.410. The van der Waals surface area contributed by atoms with E-state index in [2.05, 4.69) is 10.3 Å². The van der Waals surface area contributed by atoms with Crippen molar-refractivity contribution in [3.05, 3.63) is 18.2 Å². The van der Waals surface area contributed by atoms with Crippen molar-refractivity contribution in [2.45, 2.75) is 32.9 Å². The van der Waals surface area contributed by atoms with Crippen molar-refractivity contribution >= 4 is 5.91 Å². The highest BCUT2D eigenvalue weighted by Gasteiger charge is 2.19. The van der Waals surface area contributed by atoms with E-state index < -0.39 is 6.04 Å². The molecule has 0 aromatic carbocycles. The van der Waals surface area contributed by atoms with Gasteiger partial charge in [-0.2, -0.15) is 0 Å². The van der Waals surface area contributed by atoms with Crippen molar-refractivity contribution < 1.29 is 4.79 Å². The van der Waals surface area contributed by atoms with Gasteiger partial charge in [-0.1, -0.05) is 20.3 Å². The SMILES string of the molecule is CCC(C)C(N)C(=O)NCc1nccn1C. The van der Waals surface area contributed by atoms with Crippen molar-refractivity contribution in [3.8, 4) is 0 Å². The van der Waals surface area contributed by atoms with Crippen molar-refractivity contribution in [1.82, 2.24) is 14.9 Å². The van der Waals surface area contributed by atoms with E-state index in [-0.39, 0.29) is 11.8 Å². The molecule has 0 saturated heterocycles. The molecule has 0 aliphatic carbocycles. The van der Waals surface area contributed by atoms with Crippen LogP contribution in [0.1, 0.15) is 26.1 Å². The maximum Gasteiger partial charge on any atom is 0.237 e. The Morgan fingerprint density at radius 2 is 2.38 bits per heavy atom. The molecular formula is C11H20N4O. The van der Waals surface area contributed by atoms with E-state index in [1.54, 1.807) is 6.20 Å². The Morgan fingerprint density at radius 1 is 1.69 bits per heavy atom. The molecule has 1 aromatic rings. The van der Waals surface area contributed by atoms with E-state index in [0.717, 1.165) is 12.2 Å². The fraction of sp³-hybridized carbons (Fsp3) is 0.636. The minimum absolute atomic E-state index is 0.114. The molecule has 0 saturated carbocycles. The van der Waals surface area contributed by atoms with Crippen LogP contribution in [0.25, 0.3) is 0 Å². The van der Waals surface area contributed by atoms with E-state index in [1.165, 1.54) is 0 Å². The Bertz CT molecular complexity index is 348. The topological polar surface area (TPSA) is 72.9 Å². The second-order valence-electron chi connectivity index (χ2n) is 4.08. The second-order valence-corrected chi connectivity index (χ2v) is 4.08. The molecule has 2 atom stereocenters. The summed E-state index contributed by atoms with van der Waals surface area (Å²) in [4.78, 5) is 15.8. The molecule has 16 heavy (non-hydrogen) atoms. The summed E-state index contributed by atoms with van der Waals surface area (Å²) in [7, 11) is 1.89. The highest BCUT2D eigenvalue weighted by Crippen LogP contribution is 2.05. The zero-order valence-corrected chi connectivity index (χ0v) is 10.1. The Morgan fingerprint density at radius 3 is 2.88 bits per heavy atom. The average Bonchev–Trinajstić information content (AvgIpc) is 2.69. The van der Waals surface area contributed by atoms with Crippen LogP contribution in [0.3, 0.4) is 0 Å². The molecule has 1 amide bonds. The van der Waals surface area contributed by atoms with Crippen LogP contribution < -0.4 is 11.1 Å². The largest absolute Gasteiger partial charge is 0.348 e. The summed E-state index contributed by atoms with van der Waals surface area (Å²) >= 11 is 0. The fourth-order valence-corrected chi connectivity index (χ4v) is 1.36. The summed E-state index contributed by atoms with van der Waals surface area (Å²) in [6.45, 7) is 4.42. The molecule has 0 bridgehead atoms. The molecular weight excluding hydrogens is 204 g/mol. The first-order chi connectivity index (χ1) is 7.56. The van der Waals surface area contributed by atoms with Crippen LogP contribution in [-0.2, 0) is 18.4 Å². The minimum atomic E-state index is -0.440. The lowest BCUT2D eigenvalue weighted by Gasteiger charge is -2.17. The quantitative estimate of drug-likeness (QED) is 0.761. The molecule has 0 fully saturated rings. The Balaban J connectivity index is 2.44. The number of aromatic nitrogens is 2. The predicted molar refractivity (Wildman–Crippen MR) is 62.5 cm³/mol. The second kappa shape index (κ2) is 5.65. The first-order valence-corrected chi connectivity index (χ1v) is 5.55. The Labute approximate surface area is 96.0 Å². The average molecular weight is 224 g/mol. The monoisotopic (exact) mass is 224 g/mol. The number of hydrogen-bond donors (Lipinski definition) is 2. The highest BCUT2D eigenvalue weighted by atomic mass is 16.2. The number of amides is 1. The van der Waals surface area contributed by atoms with Crippen molar-refractivity contribution in [2.24, 2.45) is 18.7 Å². The number of hydrogen-bond acceptors (Lipinski definition) is 3. The van der Waals surface area contributed by atoms with Crippen molar-refractivity contribution in [3.63, 3.8) is 0 Å². The highest BCUT2D eigenvalue weighted by molar-refractivity contribution is 5.81. The summed E-state index contributed by atoms with van der Waals surface area (Å²) in [5.74, 6) is 0.906. The van der Waals surface area contributed by atoms with Gasteiger partial charge in [0.25, 0.3) is 0 Å². The number of carbonyl (C=O) groups excluding carboxylic acids is 1. The molecule has 5 nitrogen and oxygen atoms in total. The van der Waals surface area contributed by atoms with Gasteiger partial charge in [0.2, 0.25) is 5.91 Å². The standard InChI is InChI=1S/C11H20N4O/c1-4-8(2)10(12)11(16)14-7-9-13-5-6-15(9)3/h5-6,8,10H,4,7,12H2,1-3H3,(H,14,16). The van der Waals surface area contributed by atoms with Crippen molar-refractivity contribution in [1.29, 1.82) is 0 Å². The molecule has 5 heteroatoms. The summed E-state index contributed by atoms with van der Waals surface area (Å²) < 4.78 is 1.87. The number of imidazole rings is 1. The van der Waals surface area contributed by atoms with E-state index in [4.69, 9.17) is 5.73 Å². The molecule has 0 spiro atoms. The van der Waals surface area contributed by atoms with Gasteiger partial charge in [-0.25, -0.2) is 4.98 Å². The number of nitrogens with zero attached hydrogens (tertiary/aromatic N) is 2. The van der Waals surface area contributed by atoms with E-state index in [1.807, 2.05) is 31.7 Å². The lowest BCUT2D eigenvalue weighted by molar-refractivity contribution is -0.123. The third-order valence-corrected chi connectivity index (χ3v) is 2.90. The summed E-state index contributed by atoms with van der Waals surface area (Å²) in [6, 6.07) is -0.440. The Hall–Kier alpha value is -1.36. The number of rotatable bonds is 5. The molecule has 0 radical (unpaired) electrons. The summed E-state index contributed by atoms with van der Waals surface area (Å²) in [6.07, 6.45) is 4.45. The zero-order chi connectivity index (χ0) is 12.1. The minimum Gasteiger partial charge on any atom is -0.348 e. The van der Waals surface area contributed by atoms with Crippen LogP contribution in [0.15, 0.2) is 12.4 Å². The van der Waals surface area contributed by atoms with Gasteiger partial charge in [0.15, 0.2) is 0 Å². The van der Waals surface area contributed by atoms with Crippen molar-refractivity contribution in [2.75, 3.05) is 0 Å². The van der Waals surface area contributed by atoms with Crippen LogP contribution in [0.4, 0.5) is 0 Å². The fourth-order valence-electron chi connectivity index (χ4n) is 1.36. The lowest BCUT2D eigenvalue weighted by Crippen LogP contribution is -2.44. The molecule has 90 valence electrons. The molecule has 1 aromatic heterocycles. The third-order valence-electron chi connectivity index (χ3n) is 2.90. The summed E-state index contributed by atoms with van der Waals surface area (Å²) in [5, 5.41) is 2.79. The van der Waals surface area contributed by atoms with E-state index in [0.29, 0.717) is 6.54 Å². The van der Waals surface area contributed by atoms with Gasteiger partial charge in [-0.05, 0) is 5.92 Å². The molecule has 1 heterocycles. The van der Waals surface area contributed by atoms with Crippen LogP contribution in [0, 0.1) is 5.92 Å². The van der Waals surface area contributed by atoms with Crippen LogP contribution in [0.2, 0.25) is 0 Å². The first kappa shape index (κ1) is 12.7. The third kappa shape index (κ3) is 3.06. The Kier molecular flexibility index (Phi) is 4.49. The number of aryl methyl sites for hydroxylation is 1. The van der Waals surface area contributed by atoms with Crippen LogP contribution in [0.5, 0.6) is 0 Å². The molecule has 2 unspecified atom stereocenters. The maximum absolute atomic E-state index is 11.7. The summed E-state index contributed by atoms with van der Waals surface area (Å²) in [5.41, 5.74) is 5.81. The zero-order valence-electron chi connectivity index (χ0n) is 10.1. The maximum atomic E-state index is 11.7. The van der Waals surface area contributed by atoms with Gasteiger partial charge < -0.3 is 15.6 Å².